The SMILES string of the molecule is CCCCCCSC1=NN2C(=c3cc(Br)ccc3=NC2(C)C)C(=O)N1. The Labute approximate surface area is 160 Å². The molecule has 0 saturated heterocycles. The van der Waals surface area contributed by atoms with Gasteiger partial charge in [-0.15, -0.1) is 5.10 Å². The van der Waals surface area contributed by atoms with Crippen LogP contribution in [-0.2, 0) is 4.79 Å². The first-order chi connectivity index (χ1) is 11.9. The van der Waals surface area contributed by atoms with Crippen LogP contribution in [0.2, 0.25) is 0 Å². The summed E-state index contributed by atoms with van der Waals surface area (Å²) < 4.78 is 0.918. The van der Waals surface area contributed by atoms with Crippen molar-refractivity contribution in [2.24, 2.45) is 10.1 Å². The smallest absolute Gasteiger partial charge is 0.276 e. The Balaban J connectivity index is 1.92. The molecule has 1 aromatic carbocycles. The maximum absolute atomic E-state index is 12.8. The molecule has 1 amide bonds. The number of benzene rings is 1. The number of fused-ring (bicyclic) bond motifs is 2. The minimum Gasteiger partial charge on any atom is -0.298 e. The van der Waals surface area contributed by atoms with Gasteiger partial charge in [0, 0.05) is 15.4 Å². The number of carbonyl (C=O) groups excluding carboxylic acids is 1. The van der Waals surface area contributed by atoms with Gasteiger partial charge in [0.15, 0.2) is 5.17 Å². The molecule has 7 heteroatoms. The van der Waals surface area contributed by atoms with E-state index < -0.39 is 5.66 Å². The molecule has 1 N–H and O–H groups in total. The molecular weight excluding hydrogens is 400 g/mol. The Morgan fingerprint density at radius 3 is 2.84 bits per heavy atom. The summed E-state index contributed by atoms with van der Waals surface area (Å²) in [5, 5.41) is 11.7. The van der Waals surface area contributed by atoms with E-state index in [1.165, 1.54) is 19.3 Å². The van der Waals surface area contributed by atoms with Crippen LogP contribution >= 0.6 is 27.7 Å². The molecule has 0 spiro atoms. The molecule has 0 saturated carbocycles. The molecule has 0 aliphatic carbocycles. The Kier molecular flexibility index (Phi) is 5.53. The summed E-state index contributed by atoms with van der Waals surface area (Å²) in [5.74, 6) is 0.843. The van der Waals surface area contributed by atoms with Crippen molar-refractivity contribution >= 4 is 44.5 Å². The highest BCUT2D eigenvalue weighted by Gasteiger charge is 2.38. The summed E-state index contributed by atoms with van der Waals surface area (Å²) in [4.78, 5) is 17.6. The highest BCUT2D eigenvalue weighted by Crippen LogP contribution is 2.28. The first-order valence-corrected chi connectivity index (χ1v) is 10.4. The minimum absolute atomic E-state index is 0.117. The molecule has 0 fully saturated rings. The van der Waals surface area contributed by atoms with Gasteiger partial charge in [0.2, 0.25) is 0 Å². The average Bonchev–Trinajstić information content (AvgIpc) is 2.55. The molecule has 0 radical (unpaired) electrons. The number of nitrogens with one attached hydrogen (secondary N) is 1. The summed E-state index contributed by atoms with van der Waals surface area (Å²) in [5.41, 5.74) is -0.0336. The number of hydrogen-bond donors (Lipinski definition) is 1. The Bertz CT molecular complexity index is 834. The van der Waals surface area contributed by atoms with Crippen LogP contribution in [0.1, 0.15) is 46.5 Å². The molecule has 5 nitrogen and oxygen atoms in total. The lowest BCUT2D eigenvalue weighted by Crippen LogP contribution is -2.56. The van der Waals surface area contributed by atoms with Crippen molar-refractivity contribution in [3.05, 3.63) is 33.2 Å². The monoisotopic (exact) mass is 422 g/mol. The number of unbranched alkanes of at least 4 members (excludes halogenated alkanes) is 3. The van der Waals surface area contributed by atoms with Gasteiger partial charge >= 0.3 is 0 Å². The van der Waals surface area contributed by atoms with Crippen molar-refractivity contribution in [1.29, 1.82) is 0 Å². The van der Waals surface area contributed by atoms with Gasteiger partial charge in [-0.05, 0) is 38.5 Å². The second-order valence-electron chi connectivity index (χ2n) is 6.70. The van der Waals surface area contributed by atoms with E-state index in [1.807, 2.05) is 32.0 Å². The van der Waals surface area contributed by atoms with E-state index in [1.54, 1.807) is 16.8 Å². The van der Waals surface area contributed by atoms with Crippen LogP contribution in [0.4, 0.5) is 0 Å². The third-order valence-electron chi connectivity index (χ3n) is 4.20. The van der Waals surface area contributed by atoms with Crippen molar-refractivity contribution in [2.75, 3.05) is 5.75 Å². The van der Waals surface area contributed by atoms with Crippen LogP contribution in [0.15, 0.2) is 32.8 Å². The lowest BCUT2D eigenvalue weighted by Gasteiger charge is -2.38. The van der Waals surface area contributed by atoms with Crippen molar-refractivity contribution in [3.63, 3.8) is 0 Å². The third kappa shape index (κ3) is 3.92. The third-order valence-corrected chi connectivity index (χ3v) is 5.64. The van der Waals surface area contributed by atoms with Crippen LogP contribution < -0.4 is 15.9 Å². The van der Waals surface area contributed by atoms with Gasteiger partial charge in [-0.25, -0.2) is 5.01 Å². The fourth-order valence-corrected chi connectivity index (χ4v) is 4.16. The van der Waals surface area contributed by atoms with Gasteiger partial charge < -0.3 is 0 Å². The van der Waals surface area contributed by atoms with Crippen LogP contribution in [0.5, 0.6) is 0 Å². The largest absolute Gasteiger partial charge is 0.298 e. The maximum Gasteiger partial charge on any atom is 0.276 e. The predicted molar refractivity (Wildman–Crippen MR) is 106 cm³/mol. The number of carbonyl (C=O) groups is 1. The topological polar surface area (TPSA) is 57.1 Å². The van der Waals surface area contributed by atoms with Gasteiger partial charge in [-0.2, -0.15) is 0 Å². The quantitative estimate of drug-likeness (QED) is 0.741. The zero-order valence-corrected chi connectivity index (χ0v) is 17.2. The standard InChI is InChI=1S/C18H23BrN4OS/c1-4-5-6-7-10-25-17-20-16(24)15-13-11-12(19)8-9-14(13)21-18(2,3)23(15)22-17/h8-9,11H,4-7,10H2,1-3H3,(H,20,22,24). The fraction of sp³-hybridized carbons (Fsp3) is 0.500. The molecule has 2 aliphatic rings. The number of nitrogens with zero attached hydrogens (tertiary/aromatic N) is 3. The Morgan fingerprint density at radius 2 is 2.08 bits per heavy atom. The van der Waals surface area contributed by atoms with E-state index in [9.17, 15) is 4.79 Å². The fourth-order valence-electron chi connectivity index (χ4n) is 2.95. The van der Waals surface area contributed by atoms with Crippen LogP contribution in [0.3, 0.4) is 0 Å². The molecular formula is C18H23BrN4OS. The van der Waals surface area contributed by atoms with E-state index in [4.69, 9.17) is 4.99 Å². The Hall–Kier alpha value is -1.34. The van der Waals surface area contributed by atoms with Crippen LogP contribution in [0.25, 0.3) is 5.70 Å². The zero-order chi connectivity index (χ0) is 18.0. The summed E-state index contributed by atoms with van der Waals surface area (Å²) in [6.07, 6.45) is 4.82. The number of thioether (sulfide) groups is 1. The second-order valence-corrected chi connectivity index (χ2v) is 8.70. The van der Waals surface area contributed by atoms with Gasteiger partial charge in [-0.1, -0.05) is 53.9 Å². The second kappa shape index (κ2) is 7.50. The van der Waals surface area contributed by atoms with Crippen molar-refractivity contribution < 1.29 is 4.79 Å². The number of hydrogen-bond acceptors (Lipinski definition) is 5. The number of hydrazone groups is 1. The number of halogens is 1. The molecule has 0 aromatic heterocycles. The first-order valence-electron chi connectivity index (χ1n) is 8.65. The normalized spacial score (nSPS) is 18.1. The predicted octanol–water partition coefficient (Wildman–Crippen LogP) is 2.94. The maximum atomic E-state index is 12.8. The van der Waals surface area contributed by atoms with Gasteiger partial charge in [0.05, 0.1) is 5.36 Å². The summed E-state index contributed by atoms with van der Waals surface area (Å²) in [6, 6.07) is 5.80. The lowest BCUT2D eigenvalue weighted by atomic mass is 10.1. The van der Waals surface area contributed by atoms with E-state index in [0.29, 0.717) is 10.9 Å². The molecule has 25 heavy (non-hydrogen) atoms. The summed E-state index contributed by atoms with van der Waals surface area (Å²) in [6.45, 7) is 6.15. The van der Waals surface area contributed by atoms with Crippen LogP contribution in [0, 0.1) is 0 Å². The van der Waals surface area contributed by atoms with Crippen molar-refractivity contribution in [2.45, 2.75) is 52.1 Å². The molecule has 2 aliphatic heterocycles. The molecule has 0 atom stereocenters. The van der Waals surface area contributed by atoms with Gasteiger partial charge in [0.25, 0.3) is 5.91 Å². The summed E-state index contributed by atoms with van der Waals surface area (Å²) >= 11 is 5.08. The molecule has 3 rings (SSSR count). The molecule has 0 unspecified atom stereocenters. The van der Waals surface area contributed by atoms with E-state index in [2.05, 4.69) is 33.3 Å². The minimum atomic E-state index is -0.595. The molecule has 134 valence electrons. The molecule has 1 aromatic rings. The Morgan fingerprint density at radius 1 is 1.28 bits per heavy atom. The lowest BCUT2D eigenvalue weighted by molar-refractivity contribution is -0.116. The van der Waals surface area contributed by atoms with E-state index in [0.717, 1.165) is 27.2 Å². The van der Waals surface area contributed by atoms with Crippen molar-refractivity contribution in [1.82, 2.24) is 10.3 Å². The first kappa shape index (κ1) is 18.5. The van der Waals surface area contributed by atoms with Gasteiger partial charge in [0.1, 0.15) is 11.4 Å². The number of amides is 1. The van der Waals surface area contributed by atoms with Gasteiger partial charge in [-0.3, -0.25) is 15.1 Å². The van der Waals surface area contributed by atoms with E-state index in [-0.39, 0.29) is 5.91 Å². The zero-order valence-electron chi connectivity index (χ0n) is 14.8. The van der Waals surface area contributed by atoms with Crippen molar-refractivity contribution in [3.8, 4) is 0 Å². The highest BCUT2D eigenvalue weighted by molar-refractivity contribution is 9.10. The average molecular weight is 423 g/mol. The summed E-state index contributed by atoms with van der Waals surface area (Å²) in [7, 11) is 0. The highest BCUT2D eigenvalue weighted by atomic mass is 79.9. The van der Waals surface area contributed by atoms with E-state index >= 15 is 0 Å². The van der Waals surface area contributed by atoms with Crippen LogP contribution in [-0.4, -0.2) is 27.5 Å². The molecule has 2 heterocycles. The molecule has 0 bridgehead atoms. The number of rotatable bonds is 5. The number of amidine groups is 1.